The summed E-state index contributed by atoms with van der Waals surface area (Å²) in [6, 6.07) is 0. The summed E-state index contributed by atoms with van der Waals surface area (Å²) in [6.45, 7) is -17.8. The smallest absolute Gasteiger partial charge is 0.280 e. The monoisotopic (exact) mass is 1280 g/mol. The average molecular weight is 1280 g/mol. The van der Waals surface area contributed by atoms with Gasteiger partial charge in [-0.25, -0.2) is 22.1 Å². The van der Waals surface area contributed by atoms with Gasteiger partial charge in [0, 0.05) is 0 Å². The van der Waals surface area contributed by atoms with Gasteiger partial charge in [-0.05, 0) is 13.8 Å². The lowest BCUT2D eigenvalue weighted by atomic mass is 9.88. The number of halogens is 44. The Kier molecular flexibility index (Phi) is 19.1. The van der Waals surface area contributed by atoms with E-state index in [1.54, 1.807) is 0 Å². The number of hydrogen-bond donors (Lipinski definition) is 0. The quantitative estimate of drug-likeness (QED) is 0.0553. The van der Waals surface area contributed by atoms with Crippen molar-refractivity contribution in [3.63, 3.8) is 0 Å². The molecule has 4 nitrogen and oxygen atoms in total. The van der Waals surface area contributed by atoms with E-state index in [0.29, 0.717) is 0 Å². The summed E-state index contributed by atoms with van der Waals surface area (Å²) in [7, 11) is -9.17. The van der Waals surface area contributed by atoms with Crippen LogP contribution in [0.5, 0.6) is 0 Å². The van der Waals surface area contributed by atoms with Gasteiger partial charge < -0.3 is 0 Å². The second kappa shape index (κ2) is 19.9. The van der Waals surface area contributed by atoms with Crippen LogP contribution < -0.4 is 0 Å². The molecule has 0 spiro atoms. The Morgan fingerprint density at radius 1 is 0.260 bits per heavy atom. The molecular weight excluding hydrogens is 1270 g/mol. The van der Waals surface area contributed by atoms with Gasteiger partial charge in [-0.2, -0.15) is 176 Å². The van der Waals surface area contributed by atoms with Crippen LogP contribution in [0.1, 0.15) is 13.8 Å². The van der Waals surface area contributed by atoms with Gasteiger partial charge in [0.05, 0.1) is 0 Å². The predicted molar refractivity (Wildman–Crippen MR) is 152 cm³/mol. The molecule has 3 atom stereocenters. The molecule has 0 radical (unpaired) electrons. The zero-order valence-corrected chi connectivity index (χ0v) is 35.5. The van der Waals surface area contributed by atoms with Gasteiger partial charge in [-0.3, -0.25) is 13.6 Å². The van der Waals surface area contributed by atoms with Crippen LogP contribution >= 0.6 is 7.82 Å². The molecular formula is C28H15F44O4P. The van der Waals surface area contributed by atoms with E-state index < -0.39 is 179 Å². The Morgan fingerprint density at radius 2 is 0.403 bits per heavy atom. The van der Waals surface area contributed by atoms with Crippen LogP contribution in [-0.4, -0.2) is 157 Å². The van der Waals surface area contributed by atoms with Crippen molar-refractivity contribution in [2.75, 3.05) is 19.8 Å². The summed E-state index contributed by atoms with van der Waals surface area (Å²) >= 11 is 0. The molecule has 0 bridgehead atoms. The van der Waals surface area contributed by atoms with Gasteiger partial charge in [0.1, 0.15) is 19.8 Å². The summed E-state index contributed by atoms with van der Waals surface area (Å²) in [4.78, 5) is 0. The van der Waals surface area contributed by atoms with Crippen LogP contribution in [0.2, 0.25) is 0 Å². The Balaban J connectivity index is 8.13. The highest BCUT2D eigenvalue weighted by molar-refractivity contribution is 7.48. The third kappa shape index (κ3) is 10.3. The molecule has 3 unspecified atom stereocenters. The number of alkyl halides is 44. The van der Waals surface area contributed by atoms with Crippen molar-refractivity contribution in [1.82, 2.24) is 0 Å². The standard InChI is InChI=1S/C28H15F44O4P/c1-6(29)12(39,40)18(51,52)24(63,64)21(57,58)15(45,46)9(33,34)3-74-77(73,75-4-10(35,36)16(47,48)22(59,60)27(69,70)25(65,66)19(53,54)13(41,42)7(2)30)76-5-11(37,38)17(49,50)23(61,62)28(71,72)26(67,68)20(55,56)14(43,44)8(31)32/h6-8H,3-5H2,1-2H3. The molecule has 0 aromatic heterocycles. The fourth-order valence-corrected chi connectivity index (χ4v) is 5.58. The first kappa shape index (κ1) is 74.0. The first-order valence-corrected chi connectivity index (χ1v) is 18.8. The third-order valence-electron chi connectivity index (χ3n) is 9.46. The molecule has 0 N–H and O–H groups in total. The van der Waals surface area contributed by atoms with Crippen LogP contribution in [-0.2, 0) is 18.1 Å². The molecule has 0 aliphatic carbocycles. The van der Waals surface area contributed by atoms with E-state index in [4.69, 9.17) is 0 Å². The van der Waals surface area contributed by atoms with Crippen molar-refractivity contribution in [2.24, 2.45) is 0 Å². The summed E-state index contributed by atoms with van der Waals surface area (Å²) < 4.78 is 628. The van der Waals surface area contributed by atoms with Crippen molar-refractivity contribution in [1.29, 1.82) is 0 Å². The highest BCUT2D eigenvalue weighted by Crippen LogP contribution is 2.67. The molecule has 77 heavy (non-hydrogen) atoms. The Labute approximate surface area is 391 Å². The summed E-state index contributed by atoms with van der Waals surface area (Å²) in [5, 5.41) is 0. The lowest BCUT2D eigenvalue weighted by Crippen LogP contribution is -2.74. The molecule has 0 fully saturated rings. The Hall–Kier alpha value is -2.97. The molecule has 0 aliphatic heterocycles. The van der Waals surface area contributed by atoms with E-state index in [1.807, 2.05) is 0 Å². The fraction of sp³-hybridized carbons (Fsp3) is 1.00. The van der Waals surface area contributed by atoms with Crippen LogP contribution in [0.15, 0.2) is 0 Å². The maximum Gasteiger partial charge on any atom is 0.475 e. The van der Waals surface area contributed by atoms with Gasteiger partial charge in [0.25, 0.3) is 0 Å². The van der Waals surface area contributed by atoms with E-state index in [-0.39, 0.29) is 0 Å². The zero-order valence-electron chi connectivity index (χ0n) is 34.6. The largest absolute Gasteiger partial charge is 0.475 e. The zero-order chi connectivity index (χ0) is 63.5. The molecule has 0 aromatic carbocycles. The minimum atomic E-state index is -9.53. The van der Waals surface area contributed by atoms with E-state index in [2.05, 4.69) is 13.6 Å². The van der Waals surface area contributed by atoms with Crippen molar-refractivity contribution in [2.45, 2.75) is 151 Å². The molecule has 0 heterocycles. The van der Waals surface area contributed by atoms with Crippen molar-refractivity contribution < 1.29 is 211 Å². The molecule has 49 heteroatoms. The summed E-state index contributed by atoms with van der Waals surface area (Å²) in [5.41, 5.74) is 0. The van der Waals surface area contributed by atoms with E-state index >= 15 is 0 Å². The van der Waals surface area contributed by atoms with E-state index in [0.717, 1.165) is 0 Å². The van der Waals surface area contributed by atoms with Crippen LogP contribution in [0.3, 0.4) is 0 Å². The molecule has 0 aromatic rings. The summed E-state index contributed by atoms with van der Waals surface area (Å²) in [6.07, 6.45) is -16.5. The van der Waals surface area contributed by atoms with Gasteiger partial charge in [0.15, 0.2) is 12.3 Å². The number of phosphoric ester groups is 1. The van der Waals surface area contributed by atoms with Gasteiger partial charge in [-0.1, -0.05) is 0 Å². The fourth-order valence-electron chi connectivity index (χ4n) is 4.40. The number of rotatable bonds is 29. The predicted octanol–water partition coefficient (Wildman–Crippen LogP) is 15.8. The van der Waals surface area contributed by atoms with Crippen molar-refractivity contribution in [3.8, 4) is 0 Å². The molecule has 0 rings (SSSR count). The topological polar surface area (TPSA) is 44.8 Å². The van der Waals surface area contributed by atoms with E-state index in [1.165, 1.54) is 0 Å². The Morgan fingerprint density at radius 3 is 0.558 bits per heavy atom. The Bertz CT molecular complexity index is 1990. The molecule has 464 valence electrons. The third-order valence-corrected chi connectivity index (χ3v) is 10.8. The average Bonchev–Trinajstić information content (AvgIpc) is 3.22. The second-order valence-corrected chi connectivity index (χ2v) is 16.5. The normalized spacial score (nSPS) is 18.2. The van der Waals surface area contributed by atoms with Gasteiger partial charge in [-0.15, -0.1) is 0 Å². The molecule has 0 amide bonds. The SMILES string of the molecule is CC(F)C(F)(F)C(F)(F)C(F)(F)C(F)(F)C(F)(F)C(F)(F)COP(=O)(OCC(F)(F)C(F)(F)C(F)(F)C(F)(F)C(F)(F)C(F)(F)C(F)(F)C(C)F)OCC(F)(F)C(F)(F)C(F)(F)C(F)(F)C(F)(F)C(F)(F)C(F)(F)C(F)F. The minimum absolute atomic E-state index is 1.02. The van der Waals surface area contributed by atoms with Gasteiger partial charge in [0.2, 0.25) is 0 Å². The lowest BCUT2D eigenvalue weighted by Gasteiger charge is -2.43. The maximum absolute atomic E-state index is 14.5. The molecule has 0 saturated heterocycles. The van der Waals surface area contributed by atoms with E-state index in [9.17, 15) is 198 Å². The van der Waals surface area contributed by atoms with Crippen molar-refractivity contribution >= 4 is 7.82 Å². The van der Waals surface area contributed by atoms with Crippen LogP contribution in [0, 0.1) is 0 Å². The highest BCUT2D eigenvalue weighted by Gasteiger charge is 2.96. The van der Waals surface area contributed by atoms with Crippen molar-refractivity contribution in [3.05, 3.63) is 0 Å². The van der Waals surface area contributed by atoms with Crippen LogP contribution in [0.25, 0.3) is 0 Å². The van der Waals surface area contributed by atoms with Crippen LogP contribution in [0.4, 0.5) is 193 Å². The number of hydrogen-bond acceptors (Lipinski definition) is 4. The minimum Gasteiger partial charge on any atom is -0.280 e. The highest BCUT2D eigenvalue weighted by atomic mass is 31.2. The molecule has 0 aliphatic rings. The maximum atomic E-state index is 14.5. The lowest BCUT2D eigenvalue weighted by molar-refractivity contribution is -0.447. The summed E-state index contributed by atoms with van der Waals surface area (Å²) in [5.74, 6) is -176. The first-order valence-electron chi connectivity index (χ1n) is 17.4. The molecule has 0 saturated carbocycles. The second-order valence-electron chi connectivity index (χ2n) is 14.8. The first-order chi connectivity index (χ1) is 32.7. The van der Waals surface area contributed by atoms with Gasteiger partial charge >= 0.3 is 133 Å². The number of phosphoric acid groups is 1.